The summed E-state index contributed by atoms with van der Waals surface area (Å²) in [5.41, 5.74) is -0.864. The van der Waals surface area contributed by atoms with Crippen LogP contribution in [0.1, 0.15) is 45.4 Å². The van der Waals surface area contributed by atoms with E-state index < -0.39 is 11.4 Å². The molecule has 6 heteroatoms. The van der Waals surface area contributed by atoms with Crippen LogP contribution in [0, 0.1) is 5.41 Å². The van der Waals surface area contributed by atoms with Crippen molar-refractivity contribution in [1.29, 1.82) is 0 Å². The van der Waals surface area contributed by atoms with E-state index in [0.29, 0.717) is 32.4 Å². The van der Waals surface area contributed by atoms with Gasteiger partial charge in [-0.25, -0.2) is 0 Å². The van der Waals surface area contributed by atoms with Crippen molar-refractivity contribution in [1.82, 2.24) is 9.80 Å². The van der Waals surface area contributed by atoms with Crippen LogP contribution in [0.4, 0.5) is 0 Å². The fourth-order valence-corrected chi connectivity index (χ4v) is 3.10. The summed E-state index contributed by atoms with van der Waals surface area (Å²) in [5.74, 6) is -0.942. The number of carbonyl (C=O) groups excluding carboxylic acids is 2. The van der Waals surface area contributed by atoms with Crippen LogP contribution in [0.5, 0.6) is 0 Å². The highest BCUT2D eigenvalue weighted by atomic mass is 16.4. The Bertz CT molecular complexity index is 437. The predicted molar refractivity (Wildman–Crippen MR) is 76.6 cm³/mol. The molecule has 0 bridgehead atoms. The molecule has 0 aromatic heterocycles. The number of carboxylic acid groups (broad SMARTS) is 1. The second-order valence-corrected chi connectivity index (χ2v) is 6.41. The number of likely N-dealkylation sites (tertiary alicyclic amines) is 2. The molecule has 0 spiro atoms. The van der Waals surface area contributed by atoms with Gasteiger partial charge in [-0.05, 0) is 32.6 Å². The summed E-state index contributed by atoms with van der Waals surface area (Å²) in [6.45, 7) is 3.24. The van der Waals surface area contributed by atoms with Crippen LogP contribution in [0.3, 0.4) is 0 Å². The van der Waals surface area contributed by atoms with Crippen LogP contribution < -0.4 is 0 Å². The summed E-state index contributed by atoms with van der Waals surface area (Å²) in [4.78, 5) is 38.9. The molecule has 2 heterocycles. The minimum absolute atomic E-state index is 0.0406. The van der Waals surface area contributed by atoms with Crippen molar-refractivity contribution in [2.75, 3.05) is 26.2 Å². The Kier molecular flexibility index (Phi) is 4.85. The van der Waals surface area contributed by atoms with Crippen molar-refractivity contribution in [2.45, 2.75) is 45.4 Å². The van der Waals surface area contributed by atoms with Crippen LogP contribution >= 0.6 is 0 Å². The molecule has 2 aliphatic heterocycles. The van der Waals surface area contributed by atoms with Gasteiger partial charge in [0.05, 0.1) is 12.0 Å². The van der Waals surface area contributed by atoms with Gasteiger partial charge in [-0.3, -0.25) is 14.4 Å². The number of carbonyl (C=O) groups is 3. The number of amides is 2. The molecule has 6 nitrogen and oxygen atoms in total. The van der Waals surface area contributed by atoms with Gasteiger partial charge in [0.15, 0.2) is 0 Å². The number of aliphatic carboxylic acids is 1. The normalized spacial score (nSPS) is 27.4. The largest absolute Gasteiger partial charge is 0.481 e. The highest BCUT2D eigenvalue weighted by Gasteiger charge is 2.39. The average Bonchev–Trinajstić information content (AvgIpc) is 2.64. The number of hydrogen-bond donors (Lipinski definition) is 1. The van der Waals surface area contributed by atoms with E-state index in [0.717, 1.165) is 19.3 Å². The summed E-state index contributed by atoms with van der Waals surface area (Å²) >= 11 is 0. The van der Waals surface area contributed by atoms with Gasteiger partial charge >= 0.3 is 5.97 Å². The topological polar surface area (TPSA) is 77.9 Å². The Labute approximate surface area is 125 Å². The van der Waals surface area contributed by atoms with E-state index in [1.54, 1.807) is 16.7 Å². The first kappa shape index (κ1) is 15.8. The van der Waals surface area contributed by atoms with Crippen LogP contribution in [0.2, 0.25) is 0 Å². The smallest absolute Gasteiger partial charge is 0.311 e. The lowest BCUT2D eigenvalue weighted by Gasteiger charge is -2.38. The zero-order chi connectivity index (χ0) is 15.5. The van der Waals surface area contributed by atoms with E-state index >= 15 is 0 Å². The van der Waals surface area contributed by atoms with Gasteiger partial charge in [0.2, 0.25) is 11.8 Å². The van der Waals surface area contributed by atoms with E-state index in [4.69, 9.17) is 0 Å². The number of nitrogens with zero attached hydrogens (tertiary/aromatic N) is 2. The Balaban J connectivity index is 1.96. The molecule has 2 rings (SSSR count). The Hall–Kier alpha value is -1.59. The average molecular weight is 296 g/mol. The quantitative estimate of drug-likeness (QED) is 0.846. The molecule has 0 aliphatic carbocycles. The molecule has 0 radical (unpaired) electrons. The molecule has 0 saturated carbocycles. The summed E-state index contributed by atoms with van der Waals surface area (Å²) in [7, 11) is 0. The van der Waals surface area contributed by atoms with Crippen molar-refractivity contribution in [3.05, 3.63) is 0 Å². The SMILES string of the molecule is CC1(C(=O)O)CCCN(C(=O)CN2CCCCCC2=O)C1. The molecule has 0 aromatic rings. The maximum absolute atomic E-state index is 12.4. The highest BCUT2D eigenvalue weighted by Crippen LogP contribution is 2.29. The van der Waals surface area contributed by atoms with Gasteiger partial charge in [-0.2, -0.15) is 0 Å². The third kappa shape index (κ3) is 3.74. The van der Waals surface area contributed by atoms with E-state index in [2.05, 4.69) is 0 Å². The van der Waals surface area contributed by atoms with Gasteiger partial charge < -0.3 is 14.9 Å². The van der Waals surface area contributed by atoms with Crippen LogP contribution in [-0.2, 0) is 14.4 Å². The maximum Gasteiger partial charge on any atom is 0.311 e. The molecular weight excluding hydrogens is 272 g/mol. The van der Waals surface area contributed by atoms with Gasteiger partial charge in [0, 0.05) is 26.1 Å². The van der Waals surface area contributed by atoms with Crippen LogP contribution in [0.15, 0.2) is 0 Å². The molecule has 2 saturated heterocycles. The number of carboxylic acids is 1. The zero-order valence-corrected chi connectivity index (χ0v) is 12.6. The minimum atomic E-state index is -0.864. The molecule has 1 atom stereocenters. The van der Waals surface area contributed by atoms with Gasteiger partial charge in [-0.15, -0.1) is 0 Å². The lowest BCUT2D eigenvalue weighted by molar-refractivity contribution is -0.154. The molecule has 0 aromatic carbocycles. The van der Waals surface area contributed by atoms with E-state index in [1.165, 1.54) is 0 Å². The lowest BCUT2D eigenvalue weighted by atomic mass is 9.82. The van der Waals surface area contributed by atoms with Crippen molar-refractivity contribution < 1.29 is 19.5 Å². The Morgan fingerprint density at radius 3 is 2.67 bits per heavy atom. The van der Waals surface area contributed by atoms with Crippen molar-refractivity contribution in [2.24, 2.45) is 5.41 Å². The predicted octanol–water partition coefficient (Wildman–Crippen LogP) is 1.10. The van der Waals surface area contributed by atoms with E-state index in [9.17, 15) is 19.5 Å². The fraction of sp³-hybridized carbons (Fsp3) is 0.800. The number of piperidine rings is 1. The third-order valence-corrected chi connectivity index (χ3v) is 4.56. The molecular formula is C15H24N2O4. The first-order valence-electron chi connectivity index (χ1n) is 7.71. The minimum Gasteiger partial charge on any atom is -0.481 e. The molecule has 1 unspecified atom stereocenters. The van der Waals surface area contributed by atoms with Gasteiger partial charge in [-0.1, -0.05) is 6.42 Å². The summed E-state index contributed by atoms with van der Waals surface area (Å²) in [6, 6.07) is 0. The summed E-state index contributed by atoms with van der Waals surface area (Å²) in [5, 5.41) is 9.30. The number of hydrogen-bond acceptors (Lipinski definition) is 3. The van der Waals surface area contributed by atoms with Gasteiger partial charge in [0.25, 0.3) is 0 Å². The first-order chi connectivity index (χ1) is 9.92. The number of rotatable bonds is 3. The summed E-state index contributed by atoms with van der Waals surface area (Å²) < 4.78 is 0. The fourth-order valence-electron chi connectivity index (χ4n) is 3.10. The second-order valence-electron chi connectivity index (χ2n) is 6.41. The van der Waals surface area contributed by atoms with E-state index in [1.807, 2.05) is 0 Å². The molecule has 2 amide bonds. The highest BCUT2D eigenvalue weighted by molar-refractivity contribution is 5.85. The van der Waals surface area contributed by atoms with Crippen molar-refractivity contribution in [3.63, 3.8) is 0 Å². The molecule has 1 N–H and O–H groups in total. The van der Waals surface area contributed by atoms with Crippen LogP contribution in [0.25, 0.3) is 0 Å². The first-order valence-corrected chi connectivity index (χ1v) is 7.71. The lowest BCUT2D eigenvalue weighted by Crippen LogP contribution is -2.51. The standard InChI is InChI=1S/C15H24N2O4/c1-15(14(20)21)7-5-9-17(11-15)13(19)10-16-8-4-2-3-6-12(16)18/h2-11H2,1H3,(H,20,21). The second kappa shape index (κ2) is 6.45. The van der Waals surface area contributed by atoms with Crippen LogP contribution in [-0.4, -0.2) is 58.9 Å². The molecule has 2 fully saturated rings. The van der Waals surface area contributed by atoms with E-state index in [-0.39, 0.29) is 24.9 Å². The summed E-state index contributed by atoms with van der Waals surface area (Å²) in [6.07, 6.45) is 4.66. The molecule has 21 heavy (non-hydrogen) atoms. The maximum atomic E-state index is 12.4. The molecule has 2 aliphatic rings. The third-order valence-electron chi connectivity index (χ3n) is 4.56. The van der Waals surface area contributed by atoms with Gasteiger partial charge in [0.1, 0.15) is 0 Å². The van der Waals surface area contributed by atoms with Crippen molar-refractivity contribution in [3.8, 4) is 0 Å². The monoisotopic (exact) mass is 296 g/mol. The Morgan fingerprint density at radius 2 is 1.95 bits per heavy atom. The zero-order valence-electron chi connectivity index (χ0n) is 12.6. The Morgan fingerprint density at radius 1 is 1.19 bits per heavy atom. The van der Waals surface area contributed by atoms with Crippen molar-refractivity contribution >= 4 is 17.8 Å². The molecule has 118 valence electrons.